The Balaban J connectivity index is 1.52. The molecule has 1 atom stereocenters. The van der Waals surface area contributed by atoms with E-state index in [1.807, 2.05) is 4.90 Å². The van der Waals surface area contributed by atoms with E-state index in [2.05, 4.69) is 19.9 Å². The molecule has 4 heterocycles. The van der Waals surface area contributed by atoms with Crippen molar-refractivity contribution in [1.82, 2.24) is 19.9 Å². The third kappa shape index (κ3) is 4.41. The summed E-state index contributed by atoms with van der Waals surface area (Å²) < 4.78 is 45.5. The van der Waals surface area contributed by atoms with Gasteiger partial charge in [-0.3, -0.25) is 9.88 Å². The minimum absolute atomic E-state index is 0.00374. The summed E-state index contributed by atoms with van der Waals surface area (Å²) >= 11 is 0. The maximum absolute atomic E-state index is 13.4. The van der Waals surface area contributed by atoms with Gasteiger partial charge in [0.15, 0.2) is 11.5 Å². The smallest absolute Gasteiger partial charge is 0.381 e. The molecule has 0 aliphatic carbocycles. The second kappa shape index (κ2) is 8.00. The third-order valence-electron chi connectivity index (χ3n) is 5.13. The first kappa shape index (κ1) is 19.1. The van der Waals surface area contributed by atoms with Crippen LogP contribution in [0.3, 0.4) is 0 Å². The number of rotatable bonds is 4. The van der Waals surface area contributed by atoms with Crippen molar-refractivity contribution >= 4 is 5.82 Å². The molecule has 1 unspecified atom stereocenters. The van der Waals surface area contributed by atoms with Crippen LogP contribution >= 0.6 is 0 Å². The van der Waals surface area contributed by atoms with E-state index in [1.54, 1.807) is 18.2 Å². The predicted octanol–water partition coefficient (Wildman–Crippen LogP) is 2.72. The lowest BCUT2D eigenvalue weighted by atomic mass is 10.1. The zero-order valence-electron chi connectivity index (χ0n) is 15.4. The number of hydrogen-bond donors (Lipinski definition) is 0. The van der Waals surface area contributed by atoms with E-state index in [0.29, 0.717) is 30.5 Å². The van der Waals surface area contributed by atoms with Crippen LogP contribution in [0.15, 0.2) is 30.5 Å². The van der Waals surface area contributed by atoms with Gasteiger partial charge in [0, 0.05) is 51.6 Å². The molecule has 9 heteroatoms. The summed E-state index contributed by atoms with van der Waals surface area (Å²) in [7, 11) is 0. The van der Waals surface area contributed by atoms with Gasteiger partial charge in [0.1, 0.15) is 11.5 Å². The van der Waals surface area contributed by atoms with E-state index in [0.717, 1.165) is 45.3 Å². The Kier molecular flexibility index (Phi) is 5.45. The van der Waals surface area contributed by atoms with Crippen LogP contribution in [0.5, 0.6) is 0 Å². The molecule has 0 radical (unpaired) electrons. The van der Waals surface area contributed by atoms with Crippen LogP contribution in [0.2, 0.25) is 0 Å². The molecule has 0 amide bonds. The molecule has 2 aliphatic rings. The average molecular weight is 393 g/mol. The van der Waals surface area contributed by atoms with Gasteiger partial charge >= 0.3 is 6.18 Å². The molecular weight excluding hydrogens is 371 g/mol. The summed E-state index contributed by atoms with van der Waals surface area (Å²) in [6, 6.07) is 6.05. The van der Waals surface area contributed by atoms with Crippen molar-refractivity contribution in [3.63, 3.8) is 0 Å². The highest BCUT2D eigenvalue weighted by Gasteiger charge is 2.35. The molecule has 0 spiro atoms. The molecule has 0 N–H and O–H groups in total. The highest BCUT2D eigenvalue weighted by Crippen LogP contribution is 2.31. The number of aromatic nitrogens is 3. The second-order valence-corrected chi connectivity index (χ2v) is 7.16. The quantitative estimate of drug-likeness (QED) is 0.796. The van der Waals surface area contributed by atoms with Gasteiger partial charge in [-0.05, 0) is 24.5 Å². The van der Waals surface area contributed by atoms with E-state index in [4.69, 9.17) is 4.74 Å². The Morgan fingerprint density at radius 1 is 1.11 bits per heavy atom. The minimum atomic E-state index is -4.54. The predicted molar refractivity (Wildman–Crippen MR) is 97.8 cm³/mol. The van der Waals surface area contributed by atoms with E-state index in [1.165, 1.54) is 6.20 Å². The molecule has 0 saturated carbocycles. The van der Waals surface area contributed by atoms with E-state index >= 15 is 0 Å². The Labute approximate surface area is 161 Å². The Bertz CT molecular complexity index is 788. The van der Waals surface area contributed by atoms with Gasteiger partial charge in [-0.15, -0.1) is 0 Å². The van der Waals surface area contributed by atoms with E-state index in [9.17, 15) is 13.2 Å². The molecule has 2 aromatic heterocycles. The molecule has 0 aromatic carbocycles. The fourth-order valence-electron chi connectivity index (χ4n) is 3.60. The molecule has 2 aromatic rings. The van der Waals surface area contributed by atoms with Crippen LogP contribution in [0.1, 0.15) is 12.1 Å². The molecule has 2 fully saturated rings. The number of nitrogens with zero attached hydrogens (tertiary/aromatic N) is 5. The monoisotopic (exact) mass is 393 g/mol. The highest BCUT2D eigenvalue weighted by molar-refractivity contribution is 5.54. The van der Waals surface area contributed by atoms with Gasteiger partial charge in [0.05, 0.1) is 6.61 Å². The first-order valence-corrected chi connectivity index (χ1v) is 9.42. The molecular formula is C19H22F3N5O. The van der Waals surface area contributed by atoms with Gasteiger partial charge in [-0.2, -0.15) is 13.2 Å². The number of hydrogen-bond acceptors (Lipinski definition) is 6. The van der Waals surface area contributed by atoms with Gasteiger partial charge in [0.2, 0.25) is 0 Å². The van der Waals surface area contributed by atoms with Crippen molar-refractivity contribution in [2.45, 2.75) is 12.6 Å². The lowest BCUT2D eigenvalue weighted by molar-refractivity contribution is -0.141. The van der Waals surface area contributed by atoms with Gasteiger partial charge in [-0.25, -0.2) is 9.97 Å². The normalized spacial score (nSPS) is 21.2. The van der Waals surface area contributed by atoms with Gasteiger partial charge in [0.25, 0.3) is 0 Å². The number of halogens is 3. The lowest BCUT2D eigenvalue weighted by Gasteiger charge is -2.36. The number of ether oxygens (including phenoxy) is 1. The van der Waals surface area contributed by atoms with E-state index in [-0.39, 0.29) is 5.82 Å². The Morgan fingerprint density at radius 3 is 2.57 bits per heavy atom. The maximum atomic E-state index is 13.4. The SMILES string of the molecule is FC(F)(F)c1cc(N2CCN(CC3CCOC3)CC2)nc(-c2ccccn2)n1. The second-order valence-electron chi connectivity index (χ2n) is 7.16. The third-order valence-corrected chi connectivity index (χ3v) is 5.13. The van der Waals surface area contributed by atoms with Crippen LogP contribution in [-0.4, -0.2) is 65.8 Å². The van der Waals surface area contributed by atoms with Gasteiger partial charge < -0.3 is 9.64 Å². The molecule has 0 bridgehead atoms. The fourth-order valence-corrected chi connectivity index (χ4v) is 3.60. The van der Waals surface area contributed by atoms with Crippen LogP contribution in [0.25, 0.3) is 11.5 Å². The Morgan fingerprint density at radius 2 is 1.93 bits per heavy atom. The first-order chi connectivity index (χ1) is 13.5. The summed E-state index contributed by atoms with van der Waals surface area (Å²) in [6.07, 6.45) is -1.94. The largest absolute Gasteiger partial charge is 0.433 e. The summed E-state index contributed by atoms with van der Waals surface area (Å²) in [5.41, 5.74) is -0.613. The lowest BCUT2D eigenvalue weighted by Crippen LogP contribution is -2.48. The summed E-state index contributed by atoms with van der Waals surface area (Å²) in [5, 5.41) is 0. The molecule has 2 saturated heterocycles. The number of anilines is 1. The topological polar surface area (TPSA) is 54.4 Å². The van der Waals surface area contributed by atoms with Crippen molar-refractivity contribution in [2.75, 3.05) is 50.8 Å². The van der Waals surface area contributed by atoms with Crippen molar-refractivity contribution in [1.29, 1.82) is 0 Å². The van der Waals surface area contributed by atoms with Crippen LogP contribution in [0.4, 0.5) is 19.0 Å². The number of pyridine rings is 1. The molecule has 28 heavy (non-hydrogen) atoms. The maximum Gasteiger partial charge on any atom is 0.433 e. The summed E-state index contributed by atoms with van der Waals surface area (Å²) in [6.45, 7) is 5.44. The molecule has 2 aliphatic heterocycles. The number of piperazine rings is 1. The minimum Gasteiger partial charge on any atom is -0.381 e. The van der Waals surface area contributed by atoms with Crippen LogP contribution in [-0.2, 0) is 10.9 Å². The average Bonchev–Trinajstić information content (AvgIpc) is 3.21. The van der Waals surface area contributed by atoms with Crippen molar-refractivity contribution in [3.8, 4) is 11.5 Å². The summed E-state index contributed by atoms with van der Waals surface area (Å²) in [5.74, 6) is 0.848. The first-order valence-electron chi connectivity index (χ1n) is 9.42. The fraction of sp³-hybridized carbons (Fsp3) is 0.526. The van der Waals surface area contributed by atoms with E-state index < -0.39 is 11.9 Å². The molecule has 150 valence electrons. The standard InChI is InChI=1S/C19H22F3N5O/c20-19(21,22)16-11-17(25-18(24-16)15-3-1-2-5-23-15)27-8-6-26(7-9-27)12-14-4-10-28-13-14/h1-3,5,11,14H,4,6-10,12-13H2. The van der Waals surface area contributed by atoms with Crippen molar-refractivity contribution in [2.24, 2.45) is 5.92 Å². The number of alkyl halides is 3. The van der Waals surface area contributed by atoms with Crippen molar-refractivity contribution in [3.05, 3.63) is 36.2 Å². The molecule has 4 rings (SSSR count). The van der Waals surface area contributed by atoms with Gasteiger partial charge in [-0.1, -0.05) is 6.07 Å². The zero-order valence-corrected chi connectivity index (χ0v) is 15.4. The molecule has 6 nitrogen and oxygen atoms in total. The highest BCUT2D eigenvalue weighted by atomic mass is 19.4. The van der Waals surface area contributed by atoms with Crippen LogP contribution in [0, 0.1) is 5.92 Å². The summed E-state index contributed by atoms with van der Waals surface area (Å²) in [4.78, 5) is 16.4. The Hall–Kier alpha value is -2.26. The zero-order chi connectivity index (χ0) is 19.6. The van der Waals surface area contributed by atoms with Crippen molar-refractivity contribution < 1.29 is 17.9 Å². The van der Waals surface area contributed by atoms with Crippen LogP contribution < -0.4 is 4.90 Å².